The van der Waals surface area contributed by atoms with Crippen molar-refractivity contribution < 1.29 is 4.79 Å². The molecule has 0 heterocycles. The van der Waals surface area contributed by atoms with Crippen molar-refractivity contribution in [2.24, 2.45) is 0 Å². The average Bonchev–Trinajstić information content (AvgIpc) is 2.48. The number of nitrogens with zero attached hydrogens (tertiary/aromatic N) is 2. The zero-order valence-corrected chi connectivity index (χ0v) is 11.9. The minimum absolute atomic E-state index is 0.0554. The van der Waals surface area contributed by atoms with Crippen LogP contribution in [0.2, 0.25) is 0 Å². The Morgan fingerprint density at radius 2 is 1.95 bits per heavy atom. The van der Waals surface area contributed by atoms with Gasteiger partial charge >= 0.3 is 0 Å². The largest absolute Gasteiger partial charge is 0.325 e. The molecular weight excluding hydrogens is 262 g/mol. The predicted octanol–water partition coefficient (Wildman–Crippen LogP) is 2.63. The molecule has 0 bridgehead atoms. The van der Waals surface area contributed by atoms with E-state index in [1.807, 2.05) is 60.5 Å². The number of hydrogen-bond donors (Lipinski definition) is 1. The summed E-state index contributed by atoms with van der Waals surface area (Å²) in [6, 6.07) is 18.9. The molecule has 106 valence electrons. The Morgan fingerprint density at radius 3 is 2.67 bits per heavy atom. The number of benzene rings is 2. The Morgan fingerprint density at radius 1 is 1.19 bits per heavy atom. The van der Waals surface area contributed by atoms with Gasteiger partial charge in [-0.2, -0.15) is 5.26 Å². The van der Waals surface area contributed by atoms with Crippen molar-refractivity contribution in [2.75, 3.05) is 18.9 Å². The van der Waals surface area contributed by atoms with Crippen LogP contribution in [-0.4, -0.2) is 24.4 Å². The third-order valence-corrected chi connectivity index (χ3v) is 2.98. The van der Waals surface area contributed by atoms with Gasteiger partial charge in [-0.1, -0.05) is 30.3 Å². The number of carbonyl (C=O) groups is 1. The SMILES string of the molecule is CN(CC(=O)Nc1ccccc1)Cc1cccc(C#N)c1. The van der Waals surface area contributed by atoms with Crippen molar-refractivity contribution in [3.8, 4) is 6.07 Å². The molecule has 0 spiro atoms. The monoisotopic (exact) mass is 279 g/mol. The van der Waals surface area contributed by atoms with Crippen molar-refractivity contribution in [3.05, 3.63) is 65.7 Å². The molecule has 4 heteroatoms. The lowest BCUT2D eigenvalue weighted by Crippen LogP contribution is -2.29. The highest BCUT2D eigenvalue weighted by molar-refractivity contribution is 5.92. The first-order chi connectivity index (χ1) is 10.2. The van der Waals surface area contributed by atoms with E-state index in [1.54, 1.807) is 6.07 Å². The standard InChI is InChI=1S/C17H17N3O/c1-20(12-15-7-5-6-14(10-15)11-18)13-17(21)19-16-8-3-2-4-9-16/h2-10H,12-13H2,1H3,(H,19,21). The quantitative estimate of drug-likeness (QED) is 0.915. The molecule has 2 aromatic carbocycles. The molecule has 0 saturated carbocycles. The highest BCUT2D eigenvalue weighted by atomic mass is 16.2. The molecule has 4 nitrogen and oxygen atoms in total. The smallest absolute Gasteiger partial charge is 0.238 e. The Labute approximate surface area is 124 Å². The number of anilines is 1. The highest BCUT2D eigenvalue weighted by Gasteiger charge is 2.07. The molecule has 0 atom stereocenters. The second-order valence-electron chi connectivity index (χ2n) is 4.90. The number of rotatable bonds is 5. The second kappa shape index (κ2) is 7.22. The third-order valence-electron chi connectivity index (χ3n) is 2.98. The maximum atomic E-state index is 11.9. The molecule has 1 amide bonds. The van der Waals surface area contributed by atoms with E-state index in [0.717, 1.165) is 11.3 Å². The number of amides is 1. The van der Waals surface area contributed by atoms with Gasteiger partial charge in [0.05, 0.1) is 18.2 Å². The third kappa shape index (κ3) is 4.75. The number of carbonyl (C=O) groups excluding carboxylic acids is 1. The van der Waals surface area contributed by atoms with E-state index in [9.17, 15) is 4.79 Å². The molecule has 1 N–H and O–H groups in total. The highest BCUT2D eigenvalue weighted by Crippen LogP contribution is 2.08. The first-order valence-electron chi connectivity index (χ1n) is 6.70. The van der Waals surface area contributed by atoms with Gasteiger partial charge in [-0.3, -0.25) is 9.69 Å². The molecular formula is C17H17N3O. The lowest BCUT2D eigenvalue weighted by molar-refractivity contribution is -0.117. The van der Waals surface area contributed by atoms with E-state index in [0.29, 0.717) is 18.7 Å². The summed E-state index contributed by atoms with van der Waals surface area (Å²) in [6.45, 7) is 0.920. The molecule has 2 aromatic rings. The number of hydrogen-bond acceptors (Lipinski definition) is 3. The van der Waals surface area contributed by atoms with Gasteiger partial charge in [-0.25, -0.2) is 0 Å². The zero-order chi connectivity index (χ0) is 15.1. The molecule has 0 fully saturated rings. The first kappa shape index (κ1) is 14.8. The van der Waals surface area contributed by atoms with Gasteiger partial charge in [0.25, 0.3) is 0 Å². The molecule has 0 aromatic heterocycles. The fourth-order valence-electron chi connectivity index (χ4n) is 2.07. The summed E-state index contributed by atoms with van der Waals surface area (Å²) in [5.41, 5.74) is 2.45. The molecule has 0 saturated heterocycles. The van der Waals surface area contributed by atoms with Crippen LogP contribution in [0.5, 0.6) is 0 Å². The average molecular weight is 279 g/mol. The van der Waals surface area contributed by atoms with Crippen LogP contribution in [0.1, 0.15) is 11.1 Å². The van der Waals surface area contributed by atoms with Crippen molar-refractivity contribution in [1.82, 2.24) is 4.90 Å². The van der Waals surface area contributed by atoms with E-state index < -0.39 is 0 Å². The van der Waals surface area contributed by atoms with E-state index in [2.05, 4.69) is 11.4 Å². The van der Waals surface area contributed by atoms with Crippen LogP contribution in [0, 0.1) is 11.3 Å². The maximum Gasteiger partial charge on any atom is 0.238 e. The van der Waals surface area contributed by atoms with Crippen LogP contribution in [-0.2, 0) is 11.3 Å². The van der Waals surface area contributed by atoms with Crippen molar-refractivity contribution in [3.63, 3.8) is 0 Å². The Hall–Kier alpha value is -2.64. The summed E-state index contributed by atoms with van der Waals surface area (Å²) < 4.78 is 0. The fraction of sp³-hybridized carbons (Fsp3) is 0.176. The van der Waals surface area contributed by atoms with Gasteiger partial charge in [0, 0.05) is 12.2 Å². The summed E-state index contributed by atoms with van der Waals surface area (Å²) >= 11 is 0. The van der Waals surface area contributed by atoms with Crippen molar-refractivity contribution in [2.45, 2.75) is 6.54 Å². The van der Waals surface area contributed by atoms with E-state index in [-0.39, 0.29) is 5.91 Å². The van der Waals surface area contributed by atoms with E-state index in [1.165, 1.54) is 0 Å². The van der Waals surface area contributed by atoms with Crippen LogP contribution in [0.3, 0.4) is 0 Å². The summed E-state index contributed by atoms with van der Waals surface area (Å²) in [6.07, 6.45) is 0. The van der Waals surface area contributed by atoms with Gasteiger partial charge in [0.2, 0.25) is 5.91 Å². The van der Waals surface area contributed by atoms with Crippen LogP contribution < -0.4 is 5.32 Å². The fourth-order valence-corrected chi connectivity index (χ4v) is 2.07. The summed E-state index contributed by atoms with van der Waals surface area (Å²) in [4.78, 5) is 13.8. The molecule has 0 aliphatic carbocycles. The molecule has 0 radical (unpaired) electrons. The van der Waals surface area contributed by atoms with Crippen LogP contribution >= 0.6 is 0 Å². The van der Waals surface area contributed by atoms with Crippen LogP contribution in [0.25, 0.3) is 0 Å². The predicted molar refractivity (Wildman–Crippen MR) is 82.6 cm³/mol. The Bertz CT molecular complexity index is 647. The Kier molecular flexibility index (Phi) is 5.08. The molecule has 0 unspecified atom stereocenters. The molecule has 0 aliphatic heterocycles. The van der Waals surface area contributed by atoms with Gasteiger partial charge in [-0.15, -0.1) is 0 Å². The van der Waals surface area contributed by atoms with Crippen molar-refractivity contribution in [1.29, 1.82) is 5.26 Å². The molecule has 2 rings (SSSR count). The van der Waals surface area contributed by atoms with Gasteiger partial charge in [-0.05, 0) is 36.9 Å². The van der Waals surface area contributed by atoms with Crippen molar-refractivity contribution >= 4 is 11.6 Å². The number of nitriles is 1. The number of para-hydroxylation sites is 1. The lowest BCUT2D eigenvalue weighted by atomic mass is 10.1. The Balaban J connectivity index is 1.88. The maximum absolute atomic E-state index is 11.9. The zero-order valence-electron chi connectivity index (χ0n) is 11.9. The lowest BCUT2D eigenvalue weighted by Gasteiger charge is -2.16. The van der Waals surface area contributed by atoms with Gasteiger partial charge in [0.1, 0.15) is 0 Å². The number of nitrogens with one attached hydrogen (secondary N) is 1. The first-order valence-corrected chi connectivity index (χ1v) is 6.70. The van der Waals surface area contributed by atoms with Gasteiger partial charge in [0.15, 0.2) is 0 Å². The van der Waals surface area contributed by atoms with E-state index in [4.69, 9.17) is 5.26 Å². The number of likely N-dealkylation sites (N-methyl/N-ethyl adjacent to an activating group) is 1. The molecule has 0 aliphatic rings. The van der Waals surface area contributed by atoms with Crippen LogP contribution in [0.15, 0.2) is 54.6 Å². The normalized spacial score (nSPS) is 10.1. The molecule has 21 heavy (non-hydrogen) atoms. The van der Waals surface area contributed by atoms with Gasteiger partial charge < -0.3 is 5.32 Å². The minimum Gasteiger partial charge on any atom is -0.325 e. The topological polar surface area (TPSA) is 56.1 Å². The summed E-state index contributed by atoms with van der Waals surface area (Å²) in [7, 11) is 1.88. The van der Waals surface area contributed by atoms with Crippen LogP contribution in [0.4, 0.5) is 5.69 Å². The summed E-state index contributed by atoms with van der Waals surface area (Å²) in [5, 5.41) is 11.7. The second-order valence-corrected chi connectivity index (χ2v) is 4.90. The van der Waals surface area contributed by atoms with E-state index >= 15 is 0 Å². The minimum atomic E-state index is -0.0554. The summed E-state index contributed by atoms with van der Waals surface area (Å²) in [5.74, 6) is -0.0554.